The molecule has 0 unspecified atom stereocenters. The molecule has 1 aliphatic rings. The number of aryl methyl sites for hydroxylation is 1. The van der Waals surface area contributed by atoms with Crippen molar-refractivity contribution in [1.29, 1.82) is 0 Å². The van der Waals surface area contributed by atoms with Gasteiger partial charge < -0.3 is 19.5 Å². The van der Waals surface area contributed by atoms with Crippen LogP contribution in [-0.4, -0.2) is 45.5 Å². The maximum Gasteiger partial charge on any atom is 0.322 e. The molecule has 2 amide bonds. The summed E-state index contributed by atoms with van der Waals surface area (Å²) in [7, 11) is 3.38. The number of carbonyl (C=O) groups excluding carboxylic acids is 1. The van der Waals surface area contributed by atoms with Gasteiger partial charge in [0.15, 0.2) is 5.82 Å². The smallest absolute Gasteiger partial charge is 0.322 e. The zero-order valence-electron chi connectivity index (χ0n) is 13.5. The number of methoxy groups -OCH3 is 1. The van der Waals surface area contributed by atoms with Crippen LogP contribution < -0.4 is 5.32 Å². The number of ether oxygens (including phenoxy) is 1. The Bertz CT molecular complexity index is 800. The molecule has 10 heteroatoms. The highest BCUT2D eigenvalue weighted by Gasteiger charge is 2.39. The quantitative estimate of drug-likeness (QED) is 0.820. The first-order valence-electron chi connectivity index (χ1n) is 7.49. The number of urea groups is 1. The molecule has 25 heavy (non-hydrogen) atoms. The molecule has 1 saturated heterocycles. The molecule has 2 aromatic rings. The minimum atomic E-state index is -0.666. The highest BCUT2D eigenvalue weighted by atomic mass is 35.5. The van der Waals surface area contributed by atoms with E-state index < -0.39 is 11.8 Å². The Morgan fingerprint density at radius 2 is 2.12 bits per heavy atom. The van der Waals surface area contributed by atoms with Crippen LogP contribution in [-0.2, 0) is 11.8 Å². The van der Waals surface area contributed by atoms with Gasteiger partial charge in [-0.15, -0.1) is 10.2 Å². The van der Waals surface area contributed by atoms with Crippen molar-refractivity contribution in [3.63, 3.8) is 0 Å². The summed E-state index contributed by atoms with van der Waals surface area (Å²) in [4.78, 5) is 14.2. The standard InChI is InChI=1S/C15H16Cl2FN5O2/c1-22-7-19-21-14(22)13-3-8(25-2)6-23(13)15(24)20-12-5-10(17)9(16)4-11(12)18/h4-5,7-8,13H,3,6H2,1-2H3,(H,20,24)/t8-,13+/m1/s1. The maximum atomic E-state index is 14.0. The number of nitrogens with one attached hydrogen (secondary N) is 1. The van der Waals surface area contributed by atoms with Crippen molar-refractivity contribution in [2.24, 2.45) is 7.05 Å². The first-order valence-corrected chi connectivity index (χ1v) is 8.25. The Hall–Kier alpha value is -1.90. The lowest BCUT2D eigenvalue weighted by Crippen LogP contribution is -2.36. The summed E-state index contributed by atoms with van der Waals surface area (Å²) in [5.74, 6) is -0.0373. The van der Waals surface area contributed by atoms with E-state index in [1.54, 1.807) is 30.0 Å². The Morgan fingerprint density at radius 3 is 2.76 bits per heavy atom. The summed E-state index contributed by atoms with van der Waals surface area (Å²) in [5.41, 5.74) is -0.0445. The van der Waals surface area contributed by atoms with Crippen LogP contribution in [0.2, 0.25) is 10.0 Å². The summed E-state index contributed by atoms with van der Waals surface area (Å²) in [5, 5.41) is 10.7. The van der Waals surface area contributed by atoms with Crippen molar-refractivity contribution in [2.45, 2.75) is 18.6 Å². The third kappa shape index (κ3) is 3.56. The number of likely N-dealkylation sites (tertiary alicyclic amines) is 1. The molecule has 0 aliphatic carbocycles. The molecule has 1 aromatic carbocycles. The lowest BCUT2D eigenvalue weighted by molar-refractivity contribution is 0.111. The van der Waals surface area contributed by atoms with E-state index in [0.29, 0.717) is 18.8 Å². The second kappa shape index (κ2) is 7.15. The van der Waals surface area contributed by atoms with Gasteiger partial charge in [-0.25, -0.2) is 9.18 Å². The molecule has 1 fully saturated rings. The molecule has 0 saturated carbocycles. The fraction of sp³-hybridized carbons (Fsp3) is 0.400. The highest BCUT2D eigenvalue weighted by Crippen LogP contribution is 2.33. The van der Waals surface area contributed by atoms with E-state index >= 15 is 0 Å². The first kappa shape index (κ1) is 17.9. The lowest BCUT2D eigenvalue weighted by atomic mass is 10.2. The first-order chi connectivity index (χ1) is 11.9. The van der Waals surface area contributed by atoms with Crippen molar-refractivity contribution in [1.82, 2.24) is 19.7 Å². The van der Waals surface area contributed by atoms with Crippen LogP contribution in [0.3, 0.4) is 0 Å². The van der Waals surface area contributed by atoms with Gasteiger partial charge in [-0.3, -0.25) is 0 Å². The molecular formula is C15H16Cl2FN5O2. The summed E-state index contributed by atoms with van der Waals surface area (Å²) >= 11 is 11.7. The molecule has 2 atom stereocenters. The number of rotatable bonds is 3. The van der Waals surface area contributed by atoms with Gasteiger partial charge in [-0.1, -0.05) is 23.2 Å². The Balaban J connectivity index is 1.84. The van der Waals surface area contributed by atoms with Crippen molar-refractivity contribution in [2.75, 3.05) is 19.0 Å². The third-order valence-electron chi connectivity index (χ3n) is 4.15. The van der Waals surface area contributed by atoms with Gasteiger partial charge in [0.05, 0.1) is 27.9 Å². The van der Waals surface area contributed by atoms with Gasteiger partial charge in [0.2, 0.25) is 0 Å². The molecule has 2 heterocycles. The van der Waals surface area contributed by atoms with Crippen LogP contribution in [0.5, 0.6) is 0 Å². The SMILES string of the molecule is CO[C@@H]1C[C@@H](c2nncn2C)N(C(=O)Nc2cc(Cl)c(Cl)cc2F)C1. The van der Waals surface area contributed by atoms with Crippen molar-refractivity contribution in [3.8, 4) is 0 Å². The molecule has 0 bridgehead atoms. The molecule has 0 spiro atoms. The summed E-state index contributed by atoms with van der Waals surface area (Å²) in [6, 6.07) is 1.52. The van der Waals surface area contributed by atoms with E-state index in [1.165, 1.54) is 6.07 Å². The molecule has 134 valence electrons. The second-order valence-corrected chi connectivity index (χ2v) is 6.55. The van der Waals surface area contributed by atoms with E-state index in [0.717, 1.165) is 6.07 Å². The molecule has 3 rings (SSSR count). The molecule has 0 radical (unpaired) electrons. The molecule has 1 N–H and O–H groups in total. The van der Waals surface area contributed by atoms with Gasteiger partial charge >= 0.3 is 6.03 Å². The molecule has 1 aliphatic heterocycles. The second-order valence-electron chi connectivity index (χ2n) is 5.74. The number of anilines is 1. The Labute approximate surface area is 153 Å². The van der Waals surface area contributed by atoms with Gasteiger partial charge in [0.25, 0.3) is 0 Å². The number of hydrogen-bond acceptors (Lipinski definition) is 4. The predicted molar refractivity (Wildman–Crippen MR) is 91.3 cm³/mol. The minimum absolute atomic E-state index is 0.0445. The minimum Gasteiger partial charge on any atom is -0.380 e. The fourth-order valence-corrected chi connectivity index (χ4v) is 3.15. The molecular weight excluding hydrogens is 372 g/mol. The number of aromatic nitrogens is 3. The van der Waals surface area contributed by atoms with Crippen LogP contribution in [0.15, 0.2) is 18.5 Å². The number of carbonyl (C=O) groups is 1. The van der Waals surface area contributed by atoms with Crippen LogP contribution >= 0.6 is 23.2 Å². The zero-order valence-corrected chi connectivity index (χ0v) is 15.1. The van der Waals surface area contributed by atoms with E-state index in [1.807, 2.05) is 0 Å². The van der Waals surface area contributed by atoms with Gasteiger partial charge in [0, 0.05) is 27.1 Å². The zero-order chi connectivity index (χ0) is 18.1. The van der Waals surface area contributed by atoms with E-state index in [2.05, 4.69) is 15.5 Å². The van der Waals surface area contributed by atoms with Gasteiger partial charge in [-0.2, -0.15) is 0 Å². The van der Waals surface area contributed by atoms with Crippen molar-refractivity contribution in [3.05, 3.63) is 40.1 Å². The van der Waals surface area contributed by atoms with E-state index in [-0.39, 0.29) is 27.9 Å². The highest BCUT2D eigenvalue weighted by molar-refractivity contribution is 6.42. The average Bonchev–Trinajstić information content (AvgIpc) is 3.18. The summed E-state index contributed by atoms with van der Waals surface area (Å²) < 4.78 is 21.1. The van der Waals surface area contributed by atoms with Gasteiger partial charge in [0.1, 0.15) is 12.1 Å². The van der Waals surface area contributed by atoms with Crippen LogP contribution in [0.4, 0.5) is 14.9 Å². The van der Waals surface area contributed by atoms with Gasteiger partial charge in [-0.05, 0) is 12.1 Å². The Kier molecular flexibility index (Phi) is 5.12. The number of halogens is 3. The third-order valence-corrected chi connectivity index (χ3v) is 4.88. The fourth-order valence-electron chi connectivity index (χ4n) is 2.84. The number of amides is 2. The van der Waals surface area contributed by atoms with Crippen LogP contribution in [0.25, 0.3) is 0 Å². The Morgan fingerprint density at radius 1 is 1.40 bits per heavy atom. The number of hydrogen-bond donors (Lipinski definition) is 1. The van der Waals surface area contributed by atoms with E-state index in [4.69, 9.17) is 27.9 Å². The summed E-state index contributed by atoms with van der Waals surface area (Å²) in [6.07, 6.45) is 1.98. The lowest BCUT2D eigenvalue weighted by Gasteiger charge is -2.24. The van der Waals surface area contributed by atoms with Crippen molar-refractivity contribution >= 4 is 34.9 Å². The summed E-state index contributed by atoms with van der Waals surface area (Å²) in [6.45, 7) is 0.350. The monoisotopic (exact) mass is 387 g/mol. The van der Waals surface area contributed by atoms with E-state index in [9.17, 15) is 9.18 Å². The number of nitrogens with zero attached hydrogens (tertiary/aromatic N) is 4. The normalized spacial score (nSPS) is 20.1. The van der Waals surface area contributed by atoms with Crippen LogP contribution in [0.1, 0.15) is 18.3 Å². The number of benzene rings is 1. The topological polar surface area (TPSA) is 72.3 Å². The largest absolute Gasteiger partial charge is 0.380 e. The molecule has 1 aromatic heterocycles. The van der Waals surface area contributed by atoms with Crippen LogP contribution in [0, 0.1) is 5.82 Å². The predicted octanol–water partition coefficient (Wildman–Crippen LogP) is 3.25. The molecule has 7 nitrogen and oxygen atoms in total. The van der Waals surface area contributed by atoms with Crippen molar-refractivity contribution < 1.29 is 13.9 Å². The average molecular weight is 388 g/mol. The maximum absolute atomic E-state index is 14.0.